The van der Waals surface area contributed by atoms with Crippen LogP contribution in [0.3, 0.4) is 0 Å². The van der Waals surface area contributed by atoms with Gasteiger partial charge in [-0.3, -0.25) is 0 Å². The summed E-state index contributed by atoms with van der Waals surface area (Å²) in [5.74, 6) is -4.12. The van der Waals surface area contributed by atoms with Gasteiger partial charge in [0.2, 0.25) is 5.69 Å². The van der Waals surface area contributed by atoms with E-state index in [1.54, 1.807) is 64.4 Å². The fraction of sp³-hybridized carbons (Fsp3) is 0.585. The van der Waals surface area contributed by atoms with Crippen molar-refractivity contribution in [3.8, 4) is 0 Å². The average Bonchev–Trinajstić information content (AvgIpc) is 3.51. The van der Waals surface area contributed by atoms with E-state index >= 15 is 0 Å². The molecule has 0 amide bonds. The van der Waals surface area contributed by atoms with Crippen LogP contribution in [-0.4, -0.2) is 162 Å². The minimum Gasteiger partial charge on any atom is -0.748 e. The SMILES string of the molecule is CC1(C)C(C=C/C=C2/N(CCCS(=O)(=O)[O-])c3ccc(N(CCCS(=O)(=O)[O-])CCCS(=O)(=O)[O-])cc3C2(C)C)=[N+](CCCS(=O)(=O)[O-])c2ccc(N(CCCS(=O)(=O)[O-])CCCS(=O)(=O)[O-])cc21.[Na+].[Na+].[Na+].[Na+].[Na+]. The van der Waals surface area contributed by atoms with Crippen molar-refractivity contribution in [2.75, 3.05) is 88.5 Å². The number of allylic oxidation sites excluding steroid dienone is 4. The Morgan fingerprint density at radius 2 is 0.865 bits per heavy atom. The van der Waals surface area contributed by atoms with E-state index in [-0.39, 0.29) is 226 Å². The minimum absolute atomic E-state index is 0. The standard InChI is InChI=1S/C41H62N4O18S6.5Na/c1-40(2)34-30-32(42(18-6-24-64(46,47)48)19-7-25-65(49,50)51)14-16-36(34)44(22-10-28-68(58,59)60)38(40)12-5-13-39-41(3,4)35-31-33(15-17-37(35)45(39)23-11-29-69(61,62)63)43(20-8-26-66(52,53)54)21-9-27-67(55,56)57;;;;;/h5,12-17,30-31H,6-11,18-29H2,1-4H3,(H5-,46,47,48,49,50,51,52,53,54,55,56,57,58,59,60,61,62,63);;;;;/q;5*+1/p-5. The van der Waals surface area contributed by atoms with Gasteiger partial charge in [0.15, 0.2) is 5.71 Å². The molecule has 0 atom stereocenters. The quantitative estimate of drug-likeness (QED) is 0.0434. The Hall–Kier alpha value is 1.45. The maximum absolute atomic E-state index is 11.7. The molecule has 0 saturated heterocycles. The van der Waals surface area contributed by atoms with Crippen LogP contribution in [0.5, 0.6) is 0 Å². The molecule has 0 unspecified atom stereocenters. The summed E-state index contributed by atoms with van der Waals surface area (Å²) in [6.07, 6.45) is 4.72. The number of fused-ring (bicyclic) bond motifs is 2. The van der Waals surface area contributed by atoms with Gasteiger partial charge in [0.05, 0.1) is 66.1 Å². The molecular formula is C41H57N4Na5O18S6. The van der Waals surface area contributed by atoms with Gasteiger partial charge in [-0.15, -0.1) is 0 Å². The average molecular weight is 1200 g/mol. The summed E-state index contributed by atoms with van der Waals surface area (Å²) in [7, 11) is -27.5. The maximum Gasteiger partial charge on any atom is 1.00 e. The van der Waals surface area contributed by atoms with Gasteiger partial charge in [0.25, 0.3) is 0 Å². The van der Waals surface area contributed by atoms with Crippen molar-refractivity contribution in [1.29, 1.82) is 0 Å². The van der Waals surface area contributed by atoms with Crippen molar-refractivity contribution in [3.05, 3.63) is 71.5 Å². The van der Waals surface area contributed by atoms with Gasteiger partial charge in [0.1, 0.15) is 6.54 Å². The van der Waals surface area contributed by atoms with Crippen molar-refractivity contribution >= 4 is 89.2 Å². The Labute approximate surface area is 548 Å². The van der Waals surface area contributed by atoms with E-state index in [0.717, 1.165) is 0 Å². The Morgan fingerprint density at radius 3 is 1.27 bits per heavy atom. The van der Waals surface area contributed by atoms with E-state index in [1.165, 1.54) is 0 Å². The smallest absolute Gasteiger partial charge is 0.748 e. The van der Waals surface area contributed by atoms with Crippen molar-refractivity contribution in [2.45, 2.75) is 77.0 Å². The third-order valence-corrected chi connectivity index (χ3v) is 16.6. The van der Waals surface area contributed by atoms with E-state index in [1.807, 2.05) is 37.2 Å². The Kier molecular flexibility index (Phi) is 33.3. The molecule has 390 valence electrons. The zero-order valence-corrected chi connectivity index (χ0v) is 58.4. The molecule has 0 aliphatic carbocycles. The molecular weight excluding hydrogens is 1140 g/mol. The molecule has 2 heterocycles. The summed E-state index contributed by atoms with van der Waals surface area (Å²) in [6, 6.07) is 10.4. The molecule has 0 saturated carbocycles. The first-order chi connectivity index (χ1) is 31.5. The van der Waals surface area contributed by atoms with Crippen molar-refractivity contribution in [3.63, 3.8) is 0 Å². The molecule has 4 rings (SSSR count). The second-order valence-corrected chi connectivity index (χ2v) is 27.1. The first kappa shape index (κ1) is 77.5. The molecule has 2 aromatic carbocycles. The van der Waals surface area contributed by atoms with Gasteiger partial charge in [0, 0.05) is 120 Å². The normalized spacial score (nSPS) is 15.8. The Balaban J connectivity index is 0. The third-order valence-electron chi connectivity index (χ3n) is 11.8. The maximum atomic E-state index is 11.7. The molecule has 33 heteroatoms. The number of hydrogen-bond donors (Lipinski definition) is 0. The second-order valence-electron chi connectivity index (χ2n) is 17.9. The van der Waals surface area contributed by atoms with Gasteiger partial charge in [-0.05, 0) is 87.9 Å². The Morgan fingerprint density at radius 1 is 0.500 bits per heavy atom. The predicted octanol–water partition coefficient (Wildman–Crippen LogP) is -13.5. The van der Waals surface area contributed by atoms with E-state index in [0.29, 0.717) is 45.3 Å². The van der Waals surface area contributed by atoms with Crippen LogP contribution in [-0.2, 0) is 71.5 Å². The first-order valence-corrected chi connectivity index (χ1v) is 31.2. The molecule has 2 aliphatic rings. The summed E-state index contributed by atoms with van der Waals surface area (Å²) in [5, 5.41) is 0. The van der Waals surface area contributed by atoms with Crippen molar-refractivity contribution in [1.82, 2.24) is 0 Å². The fourth-order valence-electron chi connectivity index (χ4n) is 8.70. The van der Waals surface area contributed by atoms with Gasteiger partial charge >= 0.3 is 148 Å². The van der Waals surface area contributed by atoms with Crippen LogP contribution < -0.4 is 162 Å². The first-order valence-electron chi connectivity index (χ1n) is 21.7. The fourth-order valence-corrected chi connectivity index (χ4v) is 11.6. The van der Waals surface area contributed by atoms with Crippen LogP contribution in [0.25, 0.3) is 0 Å². The van der Waals surface area contributed by atoms with Gasteiger partial charge in [-0.1, -0.05) is 19.9 Å². The van der Waals surface area contributed by atoms with E-state index in [9.17, 15) is 77.8 Å². The summed E-state index contributed by atoms with van der Waals surface area (Å²) in [4.78, 5) is 5.15. The monoisotopic (exact) mass is 1200 g/mol. The third kappa shape index (κ3) is 25.3. The molecule has 0 fully saturated rings. The molecule has 2 aliphatic heterocycles. The van der Waals surface area contributed by atoms with Gasteiger partial charge in [-0.2, -0.15) is 4.58 Å². The molecule has 0 bridgehead atoms. The van der Waals surface area contributed by atoms with E-state index < -0.39 is 106 Å². The molecule has 2 aromatic rings. The summed E-state index contributed by atoms with van der Waals surface area (Å²) < 4.78 is 209. The molecule has 0 N–H and O–H groups in total. The summed E-state index contributed by atoms with van der Waals surface area (Å²) in [6.45, 7) is 7.70. The molecule has 74 heavy (non-hydrogen) atoms. The molecule has 0 radical (unpaired) electrons. The topological polar surface area (TPSA) is 356 Å². The largest absolute Gasteiger partial charge is 1.00 e. The summed E-state index contributed by atoms with van der Waals surface area (Å²) in [5.41, 5.74) is 3.17. The predicted molar refractivity (Wildman–Crippen MR) is 253 cm³/mol. The van der Waals surface area contributed by atoms with Gasteiger partial charge in [-0.25, -0.2) is 50.5 Å². The van der Waals surface area contributed by atoms with Crippen LogP contribution in [0, 0.1) is 0 Å². The zero-order chi connectivity index (χ0) is 52.0. The number of nitrogens with zero attached hydrogens (tertiary/aromatic N) is 4. The Bertz CT molecular complexity index is 2940. The van der Waals surface area contributed by atoms with Crippen LogP contribution in [0.2, 0.25) is 0 Å². The molecule has 0 spiro atoms. The van der Waals surface area contributed by atoms with E-state index in [4.69, 9.17) is 0 Å². The van der Waals surface area contributed by atoms with Crippen LogP contribution in [0.15, 0.2) is 60.3 Å². The zero-order valence-electron chi connectivity index (χ0n) is 43.5. The van der Waals surface area contributed by atoms with Gasteiger partial charge < -0.3 is 42.0 Å². The number of benzene rings is 2. The number of anilines is 3. The van der Waals surface area contributed by atoms with Crippen LogP contribution in [0.4, 0.5) is 22.7 Å². The number of hydrogen-bond acceptors (Lipinski definition) is 21. The van der Waals surface area contributed by atoms with Crippen LogP contribution >= 0.6 is 0 Å². The van der Waals surface area contributed by atoms with Crippen molar-refractivity contribution < 1.29 is 230 Å². The molecule has 0 aromatic heterocycles. The van der Waals surface area contributed by atoms with E-state index in [2.05, 4.69) is 0 Å². The summed E-state index contributed by atoms with van der Waals surface area (Å²) >= 11 is 0. The minimum atomic E-state index is -4.61. The van der Waals surface area contributed by atoms with Crippen LogP contribution in [0.1, 0.15) is 77.3 Å². The molecule has 22 nitrogen and oxygen atoms in total. The van der Waals surface area contributed by atoms with Crippen molar-refractivity contribution in [2.24, 2.45) is 0 Å². The number of rotatable bonds is 28. The second kappa shape index (κ2) is 31.8.